The van der Waals surface area contributed by atoms with Gasteiger partial charge in [-0.05, 0) is 42.8 Å². The molecule has 0 saturated carbocycles. The van der Waals surface area contributed by atoms with Crippen molar-refractivity contribution in [2.45, 2.75) is 13.3 Å². The summed E-state index contributed by atoms with van der Waals surface area (Å²) in [4.78, 5) is 22.7. The first-order valence-electron chi connectivity index (χ1n) is 8.46. The van der Waals surface area contributed by atoms with E-state index in [2.05, 4.69) is 4.74 Å². The summed E-state index contributed by atoms with van der Waals surface area (Å²) < 4.78 is 15.8. The lowest BCUT2D eigenvalue weighted by Crippen LogP contribution is -2.07. The van der Waals surface area contributed by atoms with Gasteiger partial charge in [0.15, 0.2) is 5.78 Å². The van der Waals surface area contributed by atoms with Crippen molar-refractivity contribution in [3.63, 3.8) is 0 Å². The molecule has 0 aromatic heterocycles. The highest BCUT2D eigenvalue weighted by molar-refractivity contribution is 5.99. The number of rotatable bonds is 9. The van der Waals surface area contributed by atoms with Gasteiger partial charge in [0.05, 0.1) is 20.3 Å². The molecule has 0 heterocycles. The molecule has 0 aliphatic rings. The van der Waals surface area contributed by atoms with Crippen molar-refractivity contribution in [1.29, 1.82) is 0 Å². The summed E-state index contributed by atoms with van der Waals surface area (Å²) in [6, 6.07) is 12.0. The maximum absolute atomic E-state index is 11.6. The summed E-state index contributed by atoms with van der Waals surface area (Å²) in [5.74, 6) is 0.324. The number of Topliss-reactive ketones (excluding diaryl/α,β-unsaturated/α-hetero) is 1. The van der Waals surface area contributed by atoms with Crippen LogP contribution in [-0.2, 0) is 9.53 Å². The Hall–Kier alpha value is -3.28. The van der Waals surface area contributed by atoms with Crippen molar-refractivity contribution in [3.8, 4) is 17.2 Å². The molecule has 142 valence electrons. The van der Waals surface area contributed by atoms with E-state index in [4.69, 9.17) is 9.47 Å². The fourth-order valence-corrected chi connectivity index (χ4v) is 2.33. The SMILES string of the molecule is COC(=O)/C=C/c1ccc(OCCCOc2cccc(O)c2C(C)=O)cc1. The van der Waals surface area contributed by atoms with E-state index in [0.717, 1.165) is 5.56 Å². The zero-order valence-corrected chi connectivity index (χ0v) is 15.3. The predicted octanol–water partition coefficient (Wildman–Crippen LogP) is 3.63. The van der Waals surface area contributed by atoms with Crippen LogP contribution in [-0.4, -0.2) is 37.2 Å². The lowest BCUT2D eigenvalue weighted by Gasteiger charge is -2.11. The molecule has 0 spiro atoms. The fraction of sp³-hybridized carbons (Fsp3) is 0.238. The van der Waals surface area contributed by atoms with Gasteiger partial charge in [0.2, 0.25) is 0 Å². The van der Waals surface area contributed by atoms with Gasteiger partial charge in [0.25, 0.3) is 0 Å². The Morgan fingerprint density at radius 2 is 1.74 bits per heavy atom. The highest BCUT2D eigenvalue weighted by atomic mass is 16.5. The van der Waals surface area contributed by atoms with Crippen LogP contribution >= 0.6 is 0 Å². The van der Waals surface area contributed by atoms with Crippen molar-refractivity contribution >= 4 is 17.8 Å². The second kappa shape index (κ2) is 10.0. The van der Waals surface area contributed by atoms with Crippen LogP contribution in [0.15, 0.2) is 48.5 Å². The van der Waals surface area contributed by atoms with Crippen molar-refractivity contribution in [2.75, 3.05) is 20.3 Å². The Balaban J connectivity index is 1.78. The first-order chi connectivity index (χ1) is 13.0. The van der Waals surface area contributed by atoms with Crippen LogP contribution < -0.4 is 9.47 Å². The van der Waals surface area contributed by atoms with Crippen LogP contribution in [0.25, 0.3) is 6.08 Å². The summed E-state index contributed by atoms with van der Waals surface area (Å²) in [6.45, 7) is 2.17. The largest absolute Gasteiger partial charge is 0.507 e. The van der Waals surface area contributed by atoms with Gasteiger partial charge in [-0.3, -0.25) is 4.79 Å². The van der Waals surface area contributed by atoms with E-state index in [1.54, 1.807) is 30.3 Å². The molecule has 0 fully saturated rings. The summed E-state index contributed by atoms with van der Waals surface area (Å²) in [5.41, 5.74) is 1.05. The maximum atomic E-state index is 11.6. The number of phenols is 1. The zero-order valence-electron chi connectivity index (χ0n) is 15.3. The monoisotopic (exact) mass is 370 g/mol. The number of esters is 1. The molecular weight excluding hydrogens is 348 g/mol. The number of carbonyl (C=O) groups excluding carboxylic acids is 2. The van der Waals surface area contributed by atoms with E-state index >= 15 is 0 Å². The van der Waals surface area contributed by atoms with Gasteiger partial charge in [-0.1, -0.05) is 18.2 Å². The molecule has 0 radical (unpaired) electrons. The number of hydrogen-bond donors (Lipinski definition) is 1. The Labute approximate surface area is 158 Å². The third kappa shape index (κ3) is 6.18. The molecule has 0 amide bonds. The fourth-order valence-electron chi connectivity index (χ4n) is 2.33. The molecule has 2 aromatic carbocycles. The average Bonchev–Trinajstić information content (AvgIpc) is 2.66. The van der Waals surface area contributed by atoms with Gasteiger partial charge in [-0.15, -0.1) is 0 Å². The molecule has 1 N–H and O–H groups in total. The van der Waals surface area contributed by atoms with Gasteiger partial charge in [0.1, 0.15) is 22.8 Å². The Bertz CT molecular complexity index is 808. The molecule has 27 heavy (non-hydrogen) atoms. The van der Waals surface area contributed by atoms with E-state index < -0.39 is 5.97 Å². The second-order valence-corrected chi connectivity index (χ2v) is 5.68. The number of aromatic hydroxyl groups is 1. The minimum Gasteiger partial charge on any atom is -0.507 e. The molecule has 6 nitrogen and oxygen atoms in total. The molecule has 2 rings (SSSR count). The Kier molecular flexibility index (Phi) is 7.43. The smallest absolute Gasteiger partial charge is 0.330 e. The van der Waals surface area contributed by atoms with Crippen LogP contribution in [0, 0.1) is 0 Å². The molecule has 6 heteroatoms. The van der Waals surface area contributed by atoms with Crippen LogP contribution in [0.2, 0.25) is 0 Å². The summed E-state index contributed by atoms with van der Waals surface area (Å²) in [5, 5.41) is 9.76. The maximum Gasteiger partial charge on any atom is 0.330 e. The first kappa shape index (κ1) is 20.0. The van der Waals surface area contributed by atoms with Crippen molar-refractivity contribution in [1.82, 2.24) is 0 Å². The topological polar surface area (TPSA) is 82.1 Å². The normalized spacial score (nSPS) is 10.6. The number of hydrogen-bond acceptors (Lipinski definition) is 6. The number of ketones is 1. The first-order valence-corrected chi connectivity index (χ1v) is 8.46. The lowest BCUT2D eigenvalue weighted by molar-refractivity contribution is -0.134. The number of methoxy groups -OCH3 is 1. The Morgan fingerprint density at radius 3 is 2.41 bits per heavy atom. The summed E-state index contributed by atoms with van der Waals surface area (Å²) in [6.07, 6.45) is 3.62. The third-order valence-corrected chi connectivity index (χ3v) is 3.66. The quantitative estimate of drug-likeness (QED) is 0.314. The molecule has 0 aliphatic heterocycles. The highest BCUT2D eigenvalue weighted by Gasteiger charge is 2.13. The van der Waals surface area contributed by atoms with Crippen molar-refractivity contribution in [3.05, 3.63) is 59.7 Å². The van der Waals surface area contributed by atoms with Crippen LogP contribution in [0.1, 0.15) is 29.3 Å². The predicted molar refractivity (Wildman–Crippen MR) is 101 cm³/mol. The second-order valence-electron chi connectivity index (χ2n) is 5.68. The number of carbonyl (C=O) groups is 2. The molecule has 0 aliphatic carbocycles. The van der Waals surface area contributed by atoms with Crippen LogP contribution in [0.4, 0.5) is 0 Å². The number of ether oxygens (including phenoxy) is 3. The summed E-state index contributed by atoms with van der Waals surface area (Å²) in [7, 11) is 1.33. The van der Waals surface area contributed by atoms with Gasteiger partial charge in [-0.25, -0.2) is 4.79 Å². The molecule has 0 saturated heterocycles. The van der Waals surface area contributed by atoms with Gasteiger partial charge in [0, 0.05) is 12.5 Å². The van der Waals surface area contributed by atoms with Crippen LogP contribution in [0.3, 0.4) is 0 Å². The zero-order chi connectivity index (χ0) is 19.6. The molecular formula is C21H22O6. The van der Waals surface area contributed by atoms with E-state index in [0.29, 0.717) is 31.1 Å². The molecule has 0 unspecified atom stereocenters. The van der Waals surface area contributed by atoms with Crippen LogP contribution in [0.5, 0.6) is 17.2 Å². The number of phenolic OH excluding ortho intramolecular Hbond substituents is 1. The van der Waals surface area contributed by atoms with E-state index in [1.807, 2.05) is 12.1 Å². The molecule has 2 aromatic rings. The standard InChI is InChI=1S/C21H22O6/c1-15(22)21-18(23)5-3-6-19(21)27-14-4-13-26-17-10-7-16(8-11-17)9-12-20(24)25-2/h3,5-12,23H,4,13-14H2,1-2H3/b12-9+. The van der Waals surface area contributed by atoms with Gasteiger partial charge < -0.3 is 19.3 Å². The van der Waals surface area contributed by atoms with Gasteiger partial charge in [-0.2, -0.15) is 0 Å². The lowest BCUT2D eigenvalue weighted by atomic mass is 10.1. The minimum atomic E-state index is -0.407. The average molecular weight is 370 g/mol. The van der Waals surface area contributed by atoms with Crippen molar-refractivity contribution < 1.29 is 28.9 Å². The third-order valence-electron chi connectivity index (χ3n) is 3.66. The Morgan fingerprint density at radius 1 is 1.04 bits per heavy atom. The molecule has 0 atom stereocenters. The van der Waals surface area contributed by atoms with E-state index in [9.17, 15) is 14.7 Å². The van der Waals surface area contributed by atoms with E-state index in [-0.39, 0.29) is 17.1 Å². The highest BCUT2D eigenvalue weighted by Crippen LogP contribution is 2.27. The minimum absolute atomic E-state index is 0.0856. The van der Waals surface area contributed by atoms with Gasteiger partial charge >= 0.3 is 5.97 Å². The summed E-state index contributed by atoms with van der Waals surface area (Å²) >= 11 is 0. The van der Waals surface area contributed by atoms with Crippen molar-refractivity contribution in [2.24, 2.45) is 0 Å². The van der Waals surface area contributed by atoms with E-state index in [1.165, 1.54) is 26.2 Å². The molecule has 0 bridgehead atoms. The number of benzene rings is 2.